The fourth-order valence-electron chi connectivity index (χ4n) is 3.24. The molecule has 1 aliphatic rings. The third kappa shape index (κ3) is 2.84. The first-order valence-electron chi connectivity index (χ1n) is 8.35. The van der Waals surface area contributed by atoms with Gasteiger partial charge in [-0.05, 0) is 37.0 Å². The van der Waals surface area contributed by atoms with E-state index in [1.807, 2.05) is 19.1 Å². The van der Waals surface area contributed by atoms with E-state index in [-0.39, 0.29) is 11.5 Å². The molecule has 0 unspecified atom stereocenters. The number of fused-ring (bicyclic) bond motifs is 2. The minimum atomic E-state index is -0.144. The third-order valence-electron chi connectivity index (χ3n) is 4.54. The highest BCUT2D eigenvalue weighted by molar-refractivity contribution is 7.20. The van der Waals surface area contributed by atoms with Crippen molar-refractivity contribution in [3.05, 3.63) is 56.7 Å². The lowest BCUT2D eigenvalue weighted by molar-refractivity contribution is 0.0957. The molecular weight excluding hydrogens is 336 g/mol. The summed E-state index contributed by atoms with van der Waals surface area (Å²) >= 11 is 1.31. The van der Waals surface area contributed by atoms with Crippen LogP contribution in [-0.4, -0.2) is 27.0 Å². The Morgan fingerprint density at radius 1 is 1.44 bits per heavy atom. The predicted molar refractivity (Wildman–Crippen MR) is 97.2 cm³/mol. The van der Waals surface area contributed by atoms with Crippen LogP contribution in [0.4, 0.5) is 0 Å². The summed E-state index contributed by atoms with van der Waals surface area (Å²) in [5, 5.41) is 3.52. The lowest BCUT2D eigenvalue weighted by Crippen LogP contribution is -2.25. The second kappa shape index (κ2) is 6.40. The molecule has 0 saturated heterocycles. The molecule has 1 N–H and O–H groups in total. The van der Waals surface area contributed by atoms with E-state index in [1.165, 1.54) is 11.3 Å². The van der Waals surface area contributed by atoms with E-state index < -0.39 is 0 Å². The number of pyridine rings is 1. The van der Waals surface area contributed by atoms with Gasteiger partial charge in [0.15, 0.2) is 0 Å². The molecule has 6 nitrogen and oxygen atoms in total. The Bertz CT molecular complexity index is 1010. The molecule has 3 aromatic rings. The van der Waals surface area contributed by atoms with Gasteiger partial charge in [-0.2, -0.15) is 0 Å². The molecule has 4 heterocycles. The first-order valence-corrected chi connectivity index (χ1v) is 9.16. The molecule has 128 valence electrons. The zero-order valence-corrected chi connectivity index (χ0v) is 14.7. The molecule has 1 amide bonds. The van der Waals surface area contributed by atoms with E-state index in [0.29, 0.717) is 21.6 Å². The van der Waals surface area contributed by atoms with Crippen molar-refractivity contribution >= 4 is 27.5 Å². The number of nitrogens with one attached hydrogen (secondary N) is 1. The lowest BCUT2D eigenvalue weighted by atomic mass is 10.2. The summed E-state index contributed by atoms with van der Waals surface area (Å²) < 4.78 is 1.74. The van der Waals surface area contributed by atoms with E-state index in [9.17, 15) is 9.59 Å². The Kier molecular flexibility index (Phi) is 4.09. The van der Waals surface area contributed by atoms with Gasteiger partial charge in [0.25, 0.3) is 11.5 Å². The first-order chi connectivity index (χ1) is 12.1. The van der Waals surface area contributed by atoms with Gasteiger partial charge in [0.1, 0.15) is 10.7 Å². The van der Waals surface area contributed by atoms with Gasteiger partial charge in [-0.25, -0.2) is 4.98 Å². The molecule has 0 saturated carbocycles. The largest absolute Gasteiger partial charge is 0.351 e. The normalized spacial score (nSPS) is 13.2. The highest BCUT2D eigenvalue weighted by Gasteiger charge is 2.23. The van der Waals surface area contributed by atoms with E-state index in [4.69, 9.17) is 0 Å². The number of carbonyl (C=O) groups is 1. The maximum absolute atomic E-state index is 12.7. The quantitative estimate of drug-likeness (QED) is 0.778. The number of aryl methyl sites for hydroxylation is 2. The van der Waals surface area contributed by atoms with Crippen molar-refractivity contribution in [2.45, 2.75) is 32.7 Å². The van der Waals surface area contributed by atoms with Gasteiger partial charge < -0.3 is 5.32 Å². The number of rotatable bonds is 4. The second-order valence-corrected chi connectivity index (χ2v) is 7.19. The monoisotopic (exact) mass is 354 g/mol. The maximum atomic E-state index is 12.7. The molecule has 0 fully saturated rings. The van der Waals surface area contributed by atoms with E-state index in [2.05, 4.69) is 15.3 Å². The maximum Gasteiger partial charge on any atom is 0.262 e. The fourth-order valence-corrected chi connectivity index (χ4v) is 4.35. The number of carbonyl (C=O) groups excluding carboxylic acids is 1. The predicted octanol–water partition coefficient (Wildman–Crippen LogP) is 2.08. The Labute approximate surface area is 148 Å². The smallest absolute Gasteiger partial charge is 0.262 e. The van der Waals surface area contributed by atoms with Crippen LogP contribution >= 0.6 is 11.3 Å². The molecule has 0 aromatic carbocycles. The van der Waals surface area contributed by atoms with Crippen LogP contribution in [0.5, 0.6) is 0 Å². The van der Waals surface area contributed by atoms with Crippen LogP contribution in [0.15, 0.2) is 29.3 Å². The van der Waals surface area contributed by atoms with Gasteiger partial charge >= 0.3 is 0 Å². The Morgan fingerprint density at radius 3 is 3.12 bits per heavy atom. The van der Waals surface area contributed by atoms with Crippen molar-refractivity contribution in [2.75, 3.05) is 6.54 Å². The van der Waals surface area contributed by atoms with Gasteiger partial charge in [0, 0.05) is 31.9 Å². The van der Waals surface area contributed by atoms with Crippen molar-refractivity contribution in [1.82, 2.24) is 19.9 Å². The van der Waals surface area contributed by atoms with Crippen LogP contribution in [0, 0.1) is 6.92 Å². The fraction of sp³-hybridized carbons (Fsp3) is 0.333. The summed E-state index contributed by atoms with van der Waals surface area (Å²) in [6, 6.07) is 3.86. The van der Waals surface area contributed by atoms with E-state index in [1.54, 1.807) is 17.0 Å². The molecule has 25 heavy (non-hydrogen) atoms. The van der Waals surface area contributed by atoms with Gasteiger partial charge in [0.2, 0.25) is 0 Å². The topological polar surface area (TPSA) is 76.9 Å². The Morgan fingerprint density at radius 2 is 2.32 bits per heavy atom. The average molecular weight is 354 g/mol. The van der Waals surface area contributed by atoms with Crippen LogP contribution in [-0.2, 0) is 19.4 Å². The average Bonchev–Trinajstić information content (AvgIpc) is 3.21. The first kappa shape index (κ1) is 16.0. The summed E-state index contributed by atoms with van der Waals surface area (Å²) in [6.45, 7) is 3.08. The second-order valence-electron chi connectivity index (χ2n) is 6.19. The summed E-state index contributed by atoms with van der Waals surface area (Å²) in [5.41, 5.74) is 1.80. The number of amides is 1. The van der Waals surface area contributed by atoms with E-state index >= 15 is 0 Å². The highest BCUT2D eigenvalue weighted by atomic mass is 32.1. The van der Waals surface area contributed by atoms with Crippen molar-refractivity contribution in [2.24, 2.45) is 0 Å². The van der Waals surface area contributed by atoms with Crippen molar-refractivity contribution in [3.8, 4) is 0 Å². The SMILES string of the molecule is Cc1c(C(=O)NCCc2cccnc2)sc2nc3n(c(=O)c12)CCC3. The molecular formula is C18H18N4O2S. The van der Waals surface area contributed by atoms with Crippen LogP contribution in [0.3, 0.4) is 0 Å². The minimum absolute atomic E-state index is 0.0133. The van der Waals surface area contributed by atoms with Crippen molar-refractivity contribution in [3.63, 3.8) is 0 Å². The van der Waals surface area contributed by atoms with Crippen molar-refractivity contribution < 1.29 is 4.79 Å². The van der Waals surface area contributed by atoms with Crippen LogP contribution < -0.4 is 10.9 Å². The minimum Gasteiger partial charge on any atom is -0.351 e. The van der Waals surface area contributed by atoms with Crippen LogP contribution in [0.1, 0.15) is 33.0 Å². The summed E-state index contributed by atoms with van der Waals surface area (Å²) in [6.07, 6.45) is 6.03. The Balaban J connectivity index is 1.57. The highest BCUT2D eigenvalue weighted by Crippen LogP contribution is 2.28. The zero-order valence-electron chi connectivity index (χ0n) is 13.9. The van der Waals surface area contributed by atoms with E-state index in [0.717, 1.165) is 42.8 Å². The molecule has 1 aliphatic heterocycles. The molecule has 0 bridgehead atoms. The molecule has 0 aliphatic carbocycles. The Hall–Kier alpha value is -2.54. The summed E-state index contributed by atoms with van der Waals surface area (Å²) in [7, 11) is 0. The molecule has 4 rings (SSSR count). The van der Waals surface area contributed by atoms with Gasteiger partial charge in [-0.1, -0.05) is 6.07 Å². The lowest BCUT2D eigenvalue weighted by Gasteiger charge is -2.04. The van der Waals surface area contributed by atoms with Crippen LogP contribution in [0.2, 0.25) is 0 Å². The zero-order chi connectivity index (χ0) is 17.4. The number of aromatic nitrogens is 3. The van der Waals surface area contributed by atoms with Gasteiger partial charge in [-0.3, -0.25) is 19.1 Å². The molecule has 7 heteroatoms. The van der Waals surface area contributed by atoms with Gasteiger partial charge in [0.05, 0.1) is 10.3 Å². The standard InChI is InChI=1S/C18H18N4O2S/c1-11-14-17(21-13-5-3-9-22(13)18(14)24)25-15(11)16(23)20-8-6-12-4-2-7-19-10-12/h2,4,7,10H,3,5-6,8-9H2,1H3,(H,20,23). The molecule has 0 spiro atoms. The van der Waals surface area contributed by atoms with Crippen molar-refractivity contribution in [1.29, 1.82) is 0 Å². The van der Waals surface area contributed by atoms with Crippen LogP contribution in [0.25, 0.3) is 10.2 Å². The number of hydrogen-bond donors (Lipinski definition) is 1. The summed E-state index contributed by atoms with van der Waals surface area (Å²) in [4.78, 5) is 35.1. The summed E-state index contributed by atoms with van der Waals surface area (Å²) in [5.74, 6) is 0.691. The molecule has 3 aromatic heterocycles. The number of hydrogen-bond acceptors (Lipinski definition) is 5. The molecule has 0 radical (unpaired) electrons. The number of nitrogens with zero attached hydrogens (tertiary/aromatic N) is 3. The van der Waals surface area contributed by atoms with Gasteiger partial charge in [-0.15, -0.1) is 11.3 Å². The third-order valence-corrected chi connectivity index (χ3v) is 5.72. The number of thiophene rings is 1. The molecule has 0 atom stereocenters.